The zero-order valence-corrected chi connectivity index (χ0v) is 11.3. The number of likely N-dealkylation sites (tertiary alicyclic amines) is 1. The first-order valence-corrected chi connectivity index (χ1v) is 6.36. The molecule has 18 heavy (non-hydrogen) atoms. The molecule has 98 valence electrons. The van der Waals surface area contributed by atoms with Crippen LogP contribution in [0.5, 0.6) is 0 Å². The Bertz CT molecular complexity index is 420. The van der Waals surface area contributed by atoms with E-state index in [4.69, 9.17) is 0 Å². The van der Waals surface area contributed by atoms with E-state index in [2.05, 4.69) is 21.8 Å². The first-order valence-electron chi connectivity index (χ1n) is 6.36. The van der Waals surface area contributed by atoms with Crippen molar-refractivity contribution in [2.24, 2.45) is 0 Å². The molecular formula is C13H20N4O. The Morgan fingerprint density at radius 1 is 1.50 bits per heavy atom. The third-order valence-electron chi connectivity index (χ3n) is 3.64. The second-order valence-corrected chi connectivity index (χ2v) is 4.83. The molecule has 1 aliphatic rings. The van der Waals surface area contributed by atoms with E-state index in [0.29, 0.717) is 0 Å². The molecule has 2 heterocycles. The topological polar surface area (TPSA) is 49.3 Å². The second kappa shape index (κ2) is 5.02. The highest BCUT2D eigenvalue weighted by molar-refractivity contribution is 5.87. The second-order valence-electron chi connectivity index (χ2n) is 4.83. The minimum absolute atomic E-state index is 0.0994. The molecule has 0 aromatic carbocycles. The molecule has 0 aliphatic carbocycles. The van der Waals surface area contributed by atoms with Gasteiger partial charge in [0.25, 0.3) is 0 Å². The quantitative estimate of drug-likeness (QED) is 0.796. The van der Waals surface area contributed by atoms with E-state index in [-0.39, 0.29) is 5.91 Å². The molecule has 5 heteroatoms. The summed E-state index contributed by atoms with van der Waals surface area (Å²) >= 11 is 0. The fourth-order valence-electron chi connectivity index (χ4n) is 2.83. The fourth-order valence-corrected chi connectivity index (χ4v) is 2.83. The van der Waals surface area contributed by atoms with Gasteiger partial charge in [-0.3, -0.25) is 19.7 Å². The fraction of sp³-hybridized carbons (Fsp3) is 0.615. The molecular weight excluding hydrogens is 228 g/mol. The van der Waals surface area contributed by atoms with E-state index in [1.54, 1.807) is 37.6 Å². The molecule has 0 radical (unpaired) electrons. The van der Waals surface area contributed by atoms with Crippen molar-refractivity contribution in [3.63, 3.8) is 0 Å². The molecule has 0 bridgehead atoms. The predicted molar refractivity (Wildman–Crippen MR) is 68.9 cm³/mol. The third-order valence-corrected chi connectivity index (χ3v) is 3.64. The van der Waals surface area contributed by atoms with Gasteiger partial charge < -0.3 is 4.90 Å². The Hall–Kier alpha value is -1.49. The maximum absolute atomic E-state index is 12.7. The Kier molecular flexibility index (Phi) is 3.61. The minimum atomic E-state index is -0.619. The molecule has 1 saturated heterocycles. The number of nitrogens with zero attached hydrogens (tertiary/aromatic N) is 4. The first-order chi connectivity index (χ1) is 8.63. The van der Waals surface area contributed by atoms with Gasteiger partial charge in [-0.25, -0.2) is 0 Å². The van der Waals surface area contributed by atoms with Gasteiger partial charge in [-0.05, 0) is 25.9 Å². The summed E-state index contributed by atoms with van der Waals surface area (Å²) in [5.74, 6) is 0.0994. The number of carbonyl (C=O) groups excluding carboxylic acids is 1. The molecule has 1 aromatic rings. The van der Waals surface area contributed by atoms with Gasteiger partial charge in [-0.1, -0.05) is 6.92 Å². The van der Waals surface area contributed by atoms with Gasteiger partial charge in [0.05, 0.1) is 11.9 Å². The minimum Gasteiger partial charge on any atom is -0.347 e. The molecule has 1 aromatic heterocycles. The average Bonchev–Trinajstić information content (AvgIpc) is 2.83. The number of hydrogen-bond donors (Lipinski definition) is 0. The van der Waals surface area contributed by atoms with Crippen LogP contribution in [0, 0.1) is 0 Å². The molecule has 1 atom stereocenters. The molecule has 0 unspecified atom stereocenters. The van der Waals surface area contributed by atoms with Crippen LogP contribution in [0.1, 0.15) is 25.5 Å². The number of aromatic nitrogens is 2. The van der Waals surface area contributed by atoms with Crippen LogP contribution in [0.3, 0.4) is 0 Å². The van der Waals surface area contributed by atoms with E-state index in [9.17, 15) is 4.79 Å². The van der Waals surface area contributed by atoms with E-state index >= 15 is 0 Å². The molecule has 5 nitrogen and oxygen atoms in total. The van der Waals surface area contributed by atoms with Crippen molar-refractivity contribution < 1.29 is 4.79 Å². The van der Waals surface area contributed by atoms with Crippen LogP contribution in [0.25, 0.3) is 0 Å². The molecule has 1 amide bonds. The lowest BCUT2D eigenvalue weighted by atomic mass is 9.90. The van der Waals surface area contributed by atoms with Crippen LogP contribution in [0.15, 0.2) is 18.6 Å². The van der Waals surface area contributed by atoms with Crippen molar-refractivity contribution in [1.29, 1.82) is 0 Å². The van der Waals surface area contributed by atoms with Gasteiger partial charge in [0.2, 0.25) is 5.91 Å². The summed E-state index contributed by atoms with van der Waals surface area (Å²) in [6.45, 7) is 3.86. The maximum Gasteiger partial charge on any atom is 0.248 e. The summed E-state index contributed by atoms with van der Waals surface area (Å²) in [7, 11) is 3.60. The molecule has 0 N–H and O–H groups in total. The van der Waals surface area contributed by atoms with Gasteiger partial charge >= 0.3 is 0 Å². The van der Waals surface area contributed by atoms with Crippen molar-refractivity contribution in [2.75, 3.05) is 27.2 Å². The highest BCUT2D eigenvalue weighted by atomic mass is 16.2. The van der Waals surface area contributed by atoms with Crippen LogP contribution in [0.4, 0.5) is 0 Å². The maximum atomic E-state index is 12.7. The zero-order chi connectivity index (χ0) is 13.2. The van der Waals surface area contributed by atoms with Crippen LogP contribution in [-0.4, -0.2) is 52.9 Å². The van der Waals surface area contributed by atoms with Crippen molar-refractivity contribution in [3.05, 3.63) is 24.3 Å². The molecule has 1 fully saturated rings. The number of hydrogen-bond acceptors (Lipinski definition) is 4. The van der Waals surface area contributed by atoms with Crippen molar-refractivity contribution >= 4 is 5.91 Å². The summed E-state index contributed by atoms with van der Waals surface area (Å²) in [6.07, 6.45) is 6.85. The lowest BCUT2D eigenvalue weighted by molar-refractivity contribution is -0.141. The monoisotopic (exact) mass is 248 g/mol. The van der Waals surface area contributed by atoms with Crippen molar-refractivity contribution in [1.82, 2.24) is 19.8 Å². The lowest BCUT2D eigenvalue weighted by Gasteiger charge is -2.37. The Balaban J connectivity index is 2.50. The Morgan fingerprint density at radius 2 is 2.28 bits per heavy atom. The number of likely N-dealkylation sites (N-methyl/N-ethyl adjacent to an activating group) is 2. The average molecular weight is 248 g/mol. The molecule has 0 spiro atoms. The summed E-state index contributed by atoms with van der Waals surface area (Å²) in [6, 6.07) is 0. The van der Waals surface area contributed by atoms with Crippen LogP contribution in [-0.2, 0) is 10.3 Å². The van der Waals surface area contributed by atoms with Crippen LogP contribution < -0.4 is 0 Å². The van der Waals surface area contributed by atoms with Crippen molar-refractivity contribution in [3.8, 4) is 0 Å². The number of rotatable bonds is 3. The highest BCUT2D eigenvalue weighted by Crippen LogP contribution is 2.38. The largest absolute Gasteiger partial charge is 0.347 e. The van der Waals surface area contributed by atoms with E-state index in [1.807, 2.05) is 0 Å². The first kappa shape index (κ1) is 13.0. The van der Waals surface area contributed by atoms with E-state index in [1.165, 1.54) is 0 Å². The normalized spacial score (nSPS) is 24.2. The lowest BCUT2D eigenvalue weighted by Crippen LogP contribution is -2.53. The van der Waals surface area contributed by atoms with Crippen LogP contribution >= 0.6 is 0 Å². The standard InChI is InChI=1S/C13H20N4O/c1-4-17-9-5-6-13(17,12(18)16(2)3)11-10-14-7-8-15-11/h7-8,10H,4-6,9H2,1-3H3/t13-/m0/s1. The zero-order valence-electron chi connectivity index (χ0n) is 11.3. The predicted octanol–water partition coefficient (Wildman–Crippen LogP) is 0.876. The van der Waals surface area contributed by atoms with Gasteiger partial charge in [0, 0.05) is 26.5 Å². The Morgan fingerprint density at radius 3 is 2.83 bits per heavy atom. The summed E-state index contributed by atoms with van der Waals surface area (Å²) in [4.78, 5) is 25.0. The molecule has 0 saturated carbocycles. The van der Waals surface area contributed by atoms with Gasteiger partial charge in [0.1, 0.15) is 5.54 Å². The number of carbonyl (C=O) groups is 1. The Labute approximate surface area is 108 Å². The van der Waals surface area contributed by atoms with E-state index in [0.717, 1.165) is 31.6 Å². The van der Waals surface area contributed by atoms with Gasteiger partial charge in [0.15, 0.2) is 0 Å². The van der Waals surface area contributed by atoms with Gasteiger partial charge in [-0.15, -0.1) is 0 Å². The summed E-state index contributed by atoms with van der Waals surface area (Å²) < 4.78 is 0. The van der Waals surface area contributed by atoms with Crippen LogP contribution in [0.2, 0.25) is 0 Å². The summed E-state index contributed by atoms with van der Waals surface area (Å²) in [5, 5.41) is 0. The van der Waals surface area contributed by atoms with Gasteiger partial charge in [-0.2, -0.15) is 0 Å². The summed E-state index contributed by atoms with van der Waals surface area (Å²) in [5.41, 5.74) is 0.148. The van der Waals surface area contributed by atoms with Crippen molar-refractivity contribution in [2.45, 2.75) is 25.3 Å². The van der Waals surface area contributed by atoms with E-state index < -0.39 is 5.54 Å². The molecule has 2 rings (SSSR count). The third kappa shape index (κ3) is 1.88. The smallest absolute Gasteiger partial charge is 0.248 e. The molecule has 1 aliphatic heterocycles. The SMILES string of the molecule is CCN1CCC[C@@]1(C(=O)N(C)C)c1cnccn1. The highest BCUT2D eigenvalue weighted by Gasteiger charge is 2.50. The number of amides is 1.